The van der Waals surface area contributed by atoms with Gasteiger partial charge in [0.05, 0.1) is 5.75 Å². The van der Waals surface area contributed by atoms with Gasteiger partial charge in [0.2, 0.25) is 10.0 Å². The summed E-state index contributed by atoms with van der Waals surface area (Å²) in [6, 6.07) is 6.51. The summed E-state index contributed by atoms with van der Waals surface area (Å²) in [5.41, 5.74) is 3.08. The third-order valence-electron chi connectivity index (χ3n) is 5.63. The molecule has 4 rings (SSSR count). The second-order valence-corrected chi connectivity index (χ2v) is 9.07. The van der Waals surface area contributed by atoms with Gasteiger partial charge in [-0.1, -0.05) is 0 Å². The number of sulfonamides is 1. The van der Waals surface area contributed by atoms with Gasteiger partial charge in [0.15, 0.2) is 0 Å². The van der Waals surface area contributed by atoms with Gasteiger partial charge >= 0.3 is 0 Å². The molecule has 24 heavy (non-hydrogen) atoms. The molecule has 3 heterocycles. The van der Waals surface area contributed by atoms with Crippen LogP contribution in [0.25, 0.3) is 10.9 Å². The highest BCUT2D eigenvalue weighted by Crippen LogP contribution is 2.39. The number of H-pyrrole nitrogens is 1. The van der Waals surface area contributed by atoms with Crippen molar-refractivity contribution in [1.82, 2.24) is 9.88 Å². The molecule has 2 N–H and O–H groups in total. The van der Waals surface area contributed by atoms with E-state index in [1.54, 1.807) is 6.92 Å². The van der Waals surface area contributed by atoms with E-state index in [2.05, 4.69) is 20.8 Å². The summed E-state index contributed by atoms with van der Waals surface area (Å²) in [7, 11) is -3.24. The summed E-state index contributed by atoms with van der Waals surface area (Å²) >= 11 is 0. The van der Waals surface area contributed by atoms with Crippen molar-refractivity contribution >= 4 is 26.6 Å². The monoisotopic (exact) mass is 347 g/mol. The van der Waals surface area contributed by atoms with Crippen LogP contribution in [0.3, 0.4) is 0 Å². The van der Waals surface area contributed by atoms with E-state index in [9.17, 15) is 8.42 Å². The standard InChI is InChI=1S/C18H25N3O2S/c1-2-24(22,23)20-14-5-6-18-16(11-14)17(12-19-18)13-7-9-21-8-3-4-15(21)10-13/h5-6,11-13,15,19-20H,2-4,7-10H2,1H3. The highest BCUT2D eigenvalue weighted by Gasteiger charge is 2.33. The number of rotatable bonds is 4. The number of piperidine rings is 1. The van der Waals surface area contributed by atoms with Gasteiger partial charge in [-0.25, -0.2) is 8.42 Å². The molecule has 0 aliphatic carbocycles. The Morgan fingerprint density at radius 2 is 2.17 bits per heavy atom. The smallest absolute Gasteiger partial charge is 0.232 e. The molecule has 1 aromatic heterocycles. The number of aromatic amines is 1. The van der Waals surface area contributed by atoms with Crippen LogP contribution in [0, 0.1) is 0 Å². The number of fused-ring (bicyclic) bond motifs is 2. The average molecular weight is 347 g/mol. The van der Waals surface area contributed by atoms with E-state index >= 15 is 0 Å². The van der Waals surface area contributed by atoms with Crippen LogP contribution in [0.4, 0.5) is 5.69 Å². The Bertz CT molecular complexity index is 843. The predicted molar refractivity (Wildman–Crippen MR) is 98.0 cm³/mol. The molecule has 0 amide bonds. The fourth-order valence-electron chi connectivity index (χ4n) is 4.30. The van der Waals surface area contributed by atoms with Crippen molar-refractivity contribution in [3.63, 3.8) is 0 Å². The Balaban J connectivity index is 1.63. The van der Waals surface area contributed by atoms with Crippen LogP contribution < -0.4 is 4.72 Å². The van der Waals surface area contributed by atoms with E-state index in [0.29, 0.717) is 11.6 Å². The van der Waals surface area contributed by atoms with Crippen LogP contribution in [-0.2, 0) is 10.0 Å². The molecular formula is C18H25N3O2S. The van der Waals surface area contributed by atoms with Gasteiger partial charge < -0.3 is 9.88 Å². The zero-order chi connectivity index (χ0) is 16.7. The molecular weight excluding hydrogens is 322 g/mol. The summed E-state index contributed by atoms with van der Waals surface area (Å²) in [4.78, 5) is 5.99. The van der Waals surface area contributed by atoms with E-state index in [1.807, 2.05) is 18.2 Å². The molecule has 6 heteroatoms. The number of nitrogens with one attached hydrogen (secondary N) is 2. The van der Waals surface area contributed by atoms with E-state index in [4.69, 9.17) is 0 Å². The third-order valence-corrected chi connectivity index (χ3v) is 6.93. The minimum Gasteiger partial charge on any atom is -0.361 e. The lowest BCUT2D eigenvalue weighted by Gasteiger charge is -2.34. The second-order valence-electron chi connectivity index (χ2n) is 7.06. The Morgan fingerprint density at radius 1 is 1.29 bits per heavy atom. The number of benzene rings is 1. The van der Waals surface area contributed by atoms with Crippen LogP contribution in [0.5, 0.6) is 0 Å². The van der Waals surface area contributed by atoms with Gasteiger partial charge in [-0.05, 0) is 75.4 Å². The first-order valence-corrected chi connectivity index (χ1v) is 10.6. The fourth-order valence-corrected chi connectivity index (χ4v) is 4.93. The molecule has 0 spiro atoms. The van der Waals surface area contributed by atoms with Gasteiger partial charge in [-0.15, -0.1) is 0 Å². The van der Waals surface area contributed by atoms with Gasteiger partial charge in [0.1, 0.15) is 0 Å². The van der Waals surface area contributed by atoms with E-state index in [-0.39, 0.29) is 5.75 Å². The lowest BCUT2D eigenvalue weighted by atomic mass is 9.85. The maximum absolute atomic E-state index is 11.8. The number of hydrogen-bond acceptors (Lipinski definition) is 3. The molecule has 5 nitrogen and oxygen atoms in total. The van der Waals surface area contributed by atoms with Crippen LogP contribution in [-0.4, -0.2) is 43.2 Å². The molecule has 2 atom stereocenters. The van der Waals surface area contributed by atoms with Crippen molar-refractivity contribution in [2.45, 2.75) is 44.6 Å². The summed E-state index contributed by atoms with van der Waals surface area (Å²) in [6.45, 7) is 4.09. The third kappa shape index (κ3) is 2.93. The molecule has 2 fully saturated rings. The zero-order valence-electron chi connectivity index (χ0n) is 14.1. The second kappa shape index (κ2) is 6.08. The average Bonchev–Trinajstić information content (AvgIpc) is 3.19. The van der Waals surface area contributed by atoms with Crippen molar-refractivity contribution in [3.8, 4) is 0 Å². The minimum absolute atomic E-state index is 0.0885. The number of hydrogen-bond donors (Lipinski definition) is 2. The van der Waals surface area contributed by atoms with Crippen molar-refractivity contribution in [2.24, 2.45) is 0 Å². The summed E-state index contributed by atoms with van der Waals surface area (Å²) < 4.78 is 26.3. The number of nitrogens with zero attached hydrogens (tertiary/aromatic N) is 1. The number of anilines is 1. The minimum atomic E-state index is -3.24. The quantitative estimate of drug-likeness (QED) is 0.892. The first kappa shape index (κ1) is 16.0. The molecule has 2 aromatic rings. The zero-order valence-corrected chi connectivity index (χ0v) is 14.9. The molecule has 0 radical (unpaired) electrons. The van der Waals surface area contributed by atoms with E-state index in [1.165, 1.54) is 44.3 Å². The van der Waals surface area contributed by atoms with Crippen LogP contribution in [0.1, 0.15) is 44.1 Å². The van der Waals surface area contributed by atoms with Crippen LogP contribution in [0.15, 0.2) is 24.4 Å². The fraction of sp³-hybridized carbons (Fsp3) is 0.556. The lowest BCUT2D eigenvalue weighted by Crippen LogP contribution is -2.37. The maximum Gasteiger partial charge on any atom is 0.232 e. The van der Waals surface area contributed by atoms with Crippen molar-refractivity contribution in [3.05, 3.63) is 30.0 Å². The Hall–Kier alpha value is -1.53. The van der Waals surface area contributed by atoms with Crippen LogP contribution >= 0.6 is 0 Å². The van der Waals surface area contributed by atoms with Crippen molar-refractivity contribution < 1.29 is 8.42 Å². The molecule has 2 saturated heterocycles. The molecule has 130 valence electrons. The Kier molecular flexibility index (Phi) is 4.04. The van der Waals surface area contributed by atoms with Gasteiger partial charge in [-0.3, -0.25) is 4.72 Å². The van der Waals surface area contributed by atoms with Gasteiger partial charge in [0, 0.05) is 28.8 Å². The molecule has 0 bridgehead atoms. The molecule has 2 aliphatic rings. The SMILES string of the molecule is CCS(=O)(=O)Nc1ccc2[nH]cc(C3CCN4CCCC4C3)c2c1. The van der Waals surface area contributed by atoms with Crippen LogP contribution in [0.2, 0.25) is 0 Å². The van der Waals surface area contributed by atoms with E-state index in [0.717, 1.165) is 16.9 Å². The Morgan fingerprint density at radius 3 is 3.00 bits per heavy atom. The first-order chi connectivity index (χ1) is 11.6. The number of aromatic nitrogens is 1. The van der Waals surface area contributed by atoms with Gasteiger partial charge in [-0.2, -0.15) is 0 Å². The van der Waals surface area contributed by atoms with Crippen molar-refractivity contribution in [2.75, 3.05) is 23.6 Å². The highest BCUT2D eigenvalue weighted by atomic mass is 32.2. The summed E-state index contributed by atoms with van der Waals surface area (Å²) in [5, 5.41) is 1.16. The first-order valence-electron chi connectivity index (χ1n) is 8.91. The Labute approximate surface area is 143 Å². The topological polar surface area (TPSA) is 65.2 Å². The van der Waals surface area contributed by atoms with Crippen molar-refractivity contribution in [1.29, 1.82) is 0 Å². The van der Waals surface area contributed by atoms with E-state index < -0.39 is 10.0 Å². The normalized spacial score (nSPS) is 25.0. The maximum atomic E-state index is 11.8. The summed E-state index contributed by atoms with van der Waals surface area (Å²) in [6.07, 6.45) is 7.18. The highest BCUT2D eigenvalue weighted by molar-refractivity contribution is 7.92. The molecule has 0 saturated carbocycles. The van der Waals surface area contributed by atoms with Gasteiger partial charge in [0.25, 0.3) is 0 Å². The molecule has 1 aromatic carbocycles. The predicted octanol–water partition coefficient (Wildman–Crippen LogP) is 3.27. The summed E-state index contributed by atoms with van der Waals surface area (Å²) in [5.74, 6) is 0.654. The molecule has 2 aliphatic heterocycles. The largest absolute Gasteiger partial charge is 0.361 e. The lowest BCUT2D eigenvalue weighted by molar-refractivity contribution is 0.181. The molecule has 2 unspecified atom stereocenters.